The lowest BCUT2D eigenvalue weighted by Gasteiger charge is -2.14. The third-order valence-corrected chi connectivity index (χ3v) is 5.39. The zero-order chi connectivity index (χ0) is 23.8. The van der Waals surface area contributed by atoms with Gasteiger partial charge in [0.15, 0.2) is 0 Å². The number of benzene rings is 2. The van der Waals surface area contributed by atoms with E-state index in [9.17, 15) is 23.1 Å². The van der Waals surface area contributed by atoms with Crippen molar-refractivity contribution in [2.45, 2.75) is 25.6 Å². The van der Waals surface area contributed by atoms with Crippen molar-refractivity contribution < 1.29 is 32.5 Å². The molecule has 0 fully saturated rings. The molecule has 1 atom stereocenters. The van der Waals surface area contributed by atoms with E-state index in [1.807, 2.05) is 31.2 Å². The molecule has 0 aliphatic rings. The van der Waals surface area contributed by atoms with Crippen molar-refractivity contribution in [3.05, 3.63) is 65.2 Å². The molecule has 0 saturated carbocycles. The number of aliphatic hydroxyl groups is 1. The second kappa shape index (κ2) is 11.2. The van der Waals surface area contributed by atoms with Crippen LogP contribution in [0.5, 0.6) is 11.5 Å². The van der Waals surface area contributed by atoms with Crippen LogP contribution in [0.4, 0.5) is 13.2 Å². The number of hydrogen-bond acceptors (Lipinski definition) is 6. The number of halogens is 3. The smallest absolute Gasteiger partial charge is 0.416 e. The number of amides is 1. The van der Waals surface area contributed by atoms with Crippen molar-refractivity contribution in [1.82, 2.24) is 10.3 Å². The van der Waals surface area contributed by atoms with Crippen molar-refractivity contribution in [2.24, 2.45) is 0 Å². The van der Waals surface area contributed by atoms with Gasteiger partial charge in [-0.05, 0) is 43.3 Å². The fourth-order valence-electron chi connectivity index (χ4n) is 2.89. The van der Waals surface area contributed by atoms with Crippen LogP contribution in [0.3, 0.4) is 0 Å². The topological polar surface area (TPSA) is 80.7 Å². The van der Waals surface area contributed by atoms with E-state index in [-0.39, 0.29) is 31.2 Å². The van der Waals surface area contributed by atoms with Crippen molar-refractivity contribution in [2.75, 3.05) is 19.8 Å². The normalized spacial score (nSPS) is 12.3. The molecule has 1 amide bonds. The zero-order valence-corrected chi connectivity index (χ0v) is 18.6. The van der Waals surface area contributed by atoms with E-state index in [0.29, 0.717) is 12.3 Å². The second-order valence-electron chi connectivity index (χ2n) is 7.04. The molecule has 0 spiro atoms. The molecule has 1 aromatic heterocycles. The van der Waals surface area contributed by atoms with Crippen molar-refractivity contribution >= 4 is 17.2 Å². The molecule has 3 aromatic rings. The van der Waals surface area contributed by atoms with Crippen LogP contribution in [0.15, 0.2) is 53.9 Å². The summed E-state index contributed by atoms with van der Waals surface area (Å²) in [6.07, 6.45) is -5.41. The maximum absolute atomic E-state index is 12.6. The Hall–Kier alpha value is -3.11. The van der Waals surface area contributed by atoms with Gasteiger partial charge in [0, 0.05) is 11.9 Å². The first-order valence-electron chi connectivity index (χ1n) is 10.2. The summed E-state index contributed by atoms with van der Waals surface area (Å²) in [7, 11) is 0. The number of alkyl halides is 3. The molecular weight excluding hydrogens is 457 g/mol. The molecule has 10 heteroatoms. The highest BCUT2D eigenvalue weighted by molar-refractivity contribution is 7.13. The Kier molecular flexibility index (Phi) is 8.29. The van der Waals surface area contributed by atoms with E-state index in [1.54, 1.807) is 5.38 Å². The summed E-state index contributed by atoms with van der Waals surface area (Å²) >= 11 is 1.41. The fourth-order valence-corrected chi connectivity index (χ4v) is 3.74. The summed E-state index contributed by atoms with van der Waals surface area (Å²) in [5, 5.41) is 15.1. The number of rotatable bonds is 10. The molecule has 0 aliphatic heterocycles. The molecule has 2 aromatic carbocycles. The Balaban J connectivity index is 1.45. The fraction of sp³-hybridized carbons (Fsp3) is 0.304. The maximum Gasteiger partial charge on any atom is 0.416 e. The van der Waals surface area contributed by atoms with Crippen LogP contribution in [0.25, 0.3) is 10.6 Å². The van der Waals surface area contributed by atoms with Crippen molar-refractivity contribution in [3.63, 3.8) is 0 Å². The number of ether oxygens (including phenoxy) is 2. The van der Waals surface area contributed by atoms with Gasteiger partial charge >= 0.3 is 6.18 Å². The molecule has 2 N–H and O–H groups in total. The van der Waals surface area contributed by atoms with E-state index in [1.165, 1.54) is 23.5 Å². The highest BCUT2D eigenvalue weighted by Crippen LogP contribution is 2.32. The van der Waals surface area contributed by atoms with Crippen LogP contribution < -0.4 is 14.8 Å². The van der Waals surface area contributed by atoms with Crippen LogP contribution in [-0.2, 0) is 17.4 Å². The Morgan fingerprint density at radius 1 is 1.15 bits per heavy atom. The first kappa shape index (κ1) is 24.5. The van der Waals surface area contributed by atoms with Crippen LogP contribution in [0, 0.1) is 0 Å². The van der Waals surface area contributed by atoms with E-state index < -0.39 is 17.8 Å². The number of thiazole rings is 1. The minimum absolute atomic E-state index is 0.0415. The summed E-state index contributed by atoms with van der Waals surface area (Å²) in [4.78, 5) is 16.7. The van der Waals surface area contributed by atoms with Gasteiger partial charge in [-0.15, -0.1) is 11.3 Å². The van der Waals surface area contributed by atoms with Gasteiger partial charge in [-0.25, -0.2) is 4.98 Å². The first-order valence-corrected chi connectivity index (χ1v) is 11.1. The lowest BCUT2D eigenvalue weighted by Crippen LogP contribution is -2.36. The third-order valence-electron chi connectivity index (χ3n) is 4.47. The van der Waals surface area contributed by atoms with Gasteiger partial charge < -0.3 is 19.9 Å². The van der Waals surface area contributed by atoms with Crippen LogP contribution in [0.2, 0.25) is 0 Å². The van der Waals surface area contributed by atoms with E-state index in [0.717, 1.165) is 28.5 Å². The lowest BCUT2D eigenvalue weighted by molar-refractivity contribution is -0.137. The SMILES string of the molecule is CCOc1ccccc1-c1nc(CC(=O)NCC(O)COc2ccc(C(F)(F)F)cc2)cs1. The largest absolute Gasteiger partial charge is 0.493 e. The number of nitrogens with one attached hydrogen (secondary N) is 1. The number of hydrogen-bond donors (Lipinski definition) is 2. The summed E-state index contributed by atoms with van der Waals surface area (Å²) in [6.45, 7) is 2.18. The molecule has 33 heavy (non-hydrogen) atoms. The predicted octanol–water partition coefficient (Wildman–Crippen LogP) is 4.33. The Morgan fingerprint density at radius 3 is 2.58 bits per heavy atom. The maximum atomic E-state index is 12.6. The molecule has 176 valence electrons. The minimum atomic E-state index is -4.42. The number of aromatic nitrogens is 1. The molecule has 0 radical (unpaired) electrons. The van der Waals surface area contributed by atoms with Gasteiger partial charge in [0.1, 0.15) is 29.2 Å². The van der Waals surface area contributed by atoms with E-state index in [4.69, 9.17) is 9.47 Å². The number of carbonyl (C=O) groups is 1. The molecule has 6 nitrogen and oxygen atoms in total. The monoisotopic (exact) mass is 480 g/mol. The quantitative estimate of drug-likeness (QED) is 0.452. The third kappa shape index (κ3) is 7.19. The number of nitrogens with zero attached hydrogens (tertiary/aromatic N) is 1. The first-order chi connectivity index (χ1) is 15.8. The second-order valence-corrected chi connectivity index (χ2v) is 7.90. The molecular formula is C23H23F3N2O4S. The average Bonchev–Trinajstić information content (AvgIpc) is 3.24. The summed E-state index contributed by atoms with van der Waals surface area (Å²) < 4.78 is 48.6. The van der Waals surface area contributed by atoms with Gasteiger partial charge in [0.2, 0.25) is 5.91 Å². The van der Waals surface area contributed by atoms with Gasteiger partial charge in [-0.3, -0.25) is 4.79 Å². The Bertz CT molecular complexity index is 1050. The summed E-state index contributed by atoms with van der Waals surface area (Å²) in [5.74, 6) is 0.593. The molecule has 1 unspecified atom stereocenters. The molecule has 0 bridgehead atoms. The molecule has 0 aliphatic carbocycles. The Morgan fingerprint density at radius 2 is 1.88 bits per heavy atom. The molecule has 1 heterocycles. The molecule has 0 saturated heterocycles. The van der Waals surface area contributed by atoms with E-state index in [2.05, 4.69) is 10.3 Å². The van der Waals surface area contributed by atoms with Crippen molar-refractivity contribution in [3.8, 4) is 22.1 Å². The highest BCUT2D eigenvalue weighted by atomic mass is 32.1. The van der Waals surface area contributed by atoms with Gasteiger partial charge in [0.25, 0.3) is 0 Å². The zero-order valence-electron chi connectivity index (χ0n) is 17.8. The van der Waals surface area contributed by atoms with Crippen LogP contribution in [-0.4, -0.2) is 41.9 Å². The lowest BCUT2D eigenvalue weighted by atomic mass is 10.2. The van der Waals surface area contributed by atoms with Gasteiger partial charge in [0.05, 0.1) is 29.8 Å². The number of para-hydroxylation sites is 1. The summed E-state index contributed by atoms with van der Waals surface area (Å²) in [5.41, 5.74) is 0.662. The highest BCUT2D eigenvalue weighted by Gasteiger charge is 2.30. The predicted molar refractivity (Wildman–Crippen MR) is 118 cm³/mol. The molecule has 3 rings (SSSR count). The van der Waals surface area contributed by atoms with Gasteiger partial charge in [-0.1, -0.05) is 12.1 Å². The van der Waals surface area contributed by atoms with Crippen molar-refractivity contribution in [1.29, 1.82) is 0 Å². The standard InChI is InChI=1S/C23H23F3N2O4S/c1-2-31-20-6-4-3-5-19(20)22-28-16(14-33-22)11-21(30)27-12-17(29)13-32-18-9-7-15(8-10-18)23(24,25)26/h3-10,14,17,29H,2,11-13H2,1H3,(H,27,30). The number of carbonyl (C=O) groups excluding carboxylic acids is 1. The van der Waals surface area contributed by atoms with Crippen LogP contribution >= 0.6 is 11.3 Å². The van der Waals surface area contributed by atoms with Gasteiger partial charge in [-0.2, -0.15) is 13.2 Å². The average molecular weight is 481 g/mol. The minimum Gasteiger partial charge on any atom is -0.493 e. The Labute approximate surface area is 193 Å². The summed E-state index contributed by atoms with van der Waals surface area (Å²) in [6, 6.07) is 11.7. The van der Waals surface area contributed by atoms with Crippen LogP contribution in [0.1, 0.15) is 18.2 Å². The number of aliphatic hydroxyl groups excluding tert-OH is 1. The van der Waals surface area contributed by atoms with E-state index >= 15 is 0 Å².